The molecule has 0 aliphatic rings. The van der Waals surface area contributed by atoms with E-state index < -0.39 is 0 Å². The maximum Gasteiger partial charge on any atom is 0.191 e. The summed E-state index contributed by atoms with van der Waals surface area (Å²) in [5.74, 6) is 0.786. The van der Waals surface area contributed by atoms with Gasteiger partial charge in [-0.2, -0.15) is 0 Å². The lowest BCUT2D eigenvalue weighted by atomic mass is 10.1. The summed E-state index contributed by atoms with van der Waals surface area (Å²) < 4.78 is 0. The molecule has 0 aliphatic carbocycles. The lowest BCUT2D eigenvalue weighted by molar-refractivity contribution is 0.804. The SMILES string of the molecule is CN=C(NCc1ccc2ccccc2c1)NCc1nc(C)c(C)s1. The molecule has 0 saturated carbocycles. The fourth-order valence-electron chi connectivity index (χ4n) is 2.53. The van der Waals surface area contributed by atoms with Crippen molar-refractivity contribution in [1.82, 2.24) is 15.6 Å². The Kier molecular flexibility index (Phi) is 5.11. The monoisotopic (exact) mass is 338 g/mol. The fourth-order valence-corrected chi connectivity index (χ4v) is 3.40. The van der Waals surface area contributed by atoms with Crippen LogP contribution in [0.2, 0.25) is 0 Å². The molecule has 124 valence electrons. The minimum absolute atomic E-state index is 0.691. The van der Waals surface area contributed by atoms with Crippen LogP contribution in [0.5, 0.6) is 0 Å². The van der Waals surface area contributed by atoms with Crippen LogP contribution < -0.4 is 10.6 Å². The number of aromatic nitrogens is 1. The van der Waals surface area contributed by atoms with Crippen molar-refractivity contribution in [2.24, 2.45) is 4.99 Å². The summed E-state index contributed by atoms with van der Waals surface area (Å²) in [6.07, 6.45) is 0. The third-order valence-corrected chi connectivity index (χ3v) is 5.05. The summed E-state index contributed by atoms with van der Waals surface area (Å²) >= 11 is 1.73. The molecule has 0 spiro atoms. The van der Waals surface area contributed by atoms with Gasteiger partial charge in [0.05, 0.1) is 12.2 Å². The number of guanidine groups is 1. The van der Waals surface area contributed by atoms with Crippen molar-refractivity contribution < 1.29 is 0 Å². The molecule has 1 heterocycles. The van der Waals surface area contributed by atoms with Crippen molar-refractivity contribution in [2.75, 3.05) is 7.05 Å². The van der Waals surface area contributed by atoms with Gasteiger partial charge in [-0.25, -0.2) is 4.98 Å². The Labute approximate surface area is 146 Å². The summed E-state index contributed by atoms with van der Waals surface area (Å²) in [6, 6.07) is 14.9. The third kappa shape index (κ3) is 3.92. The standard InChI is InChI=1S/C19H22N4S/c1-13-14(2)24-18(23-13)12-22-19(20-3)21-11-15-8-9-16-6-4-5-7-17(16)10-15/h4-10H,11-12H2,1-3H3,(H2,20,21,22). The lowest BCUT2D eigenvalue weighted by Gasteiger charge is -2.11. The Balaban J connectivity index is 1.58. The molecule has 2 N–H and O–H groups in total. The second-order valence-corrected chi connectivity index (χ2v) is 7.00. The van der Waals surface area contributed by atoms with E-state index in [4.69, 9.17) is 0 Å². The summed E-state index contributed by atoms with van der Waals surface area (Å²) in [5, 5.41) is 10.3. The molecule has 5 heteroatoms. The van der Waals surface area contributed by atoms with Crippen LogP contribution in [0, 0.1) is 13.8 Å². The summed E-state index contributed by atoms with van der Waals surface area (Å²) in [4.78, 5) is 10.1. The van der Waals surface area contributed by atoms with E-state index >= 15 is 0 Å². The molecule has 3 rings (SSSR count). The van der Waals surface area contributed by atoms with Crippen molar-refractivity contribution >= 4 is 28.1 Å². The molecule has 0 saturated heterocycles. The largest absolute Gasteiger partial charge is 0.352 e. The average Bonchev–Trinajstić information content (AvgIpc) is 2.93. The van der Waals surface area contributed by atoms with Crippen LogP contribution >= 0.6 is 11.3 Å². The number of aryl methyl sites for hydroxylation is 2. The first-order valence-corrected chi connectivity index (χ1v) is 8.82. The van der Waals surface area contributed by atoms with E-state index in [1.807, 2.05) is 6.92 Å². The normalized spacial score (nSPS) is 11.7. The van der Waals surface area contributed by atoms with Gasteiger partial charge in [0.2, 0.25) is 0 Å². The van der Waals surface area contributed by atoms with Crippen LogP contribution in [0.25, 0.3) is 10.8 Å². The fraction of sp³-hybridized carbons (Fsp3) is 0.263. The number of fused-ring (bicyclic) bond motifs is 1. The highest BCUT2D eigenvalue weighted by molar-refractivity contribution is 7.11. The topological polar surface area (TPSA) is 49.3 Å². The Morgan fingerprint density at radius 1 is 1.04 bits per heavy atom. The van der Waals surface area contributed by atoms with Gasteiger partial charge in [0, 0.05) is 18.5 Å². The van der Waals surface area contributed by atoms with Gasteiger partial charge in [0.15, 0.2) is 5.96 Å². The summed E-state index contributed by atoms with van der Waals surface area (Å²) in [7, 11) is 1.79. The Morgan fingerprint density at radius 3 is 2.50 bits per heavy atom. The molecule has 3 aromatic rings. The molecular weight excluding hydrogens is 316 g/mol. The average molecular weight is 338 g/mol. The van der Waals surface area contributed by atoms with E-state index in [1.54, 1.807) is 18.4 Å². The Bertz CT molecular complexity index is 847. The van der Waals surface area contributed by atoms with Gasteiger partial charge in [-0.3, -0.25) is 4.99 Å². The number of nitrogens with zero attached hydrogens (tertiary/aromatic N) is 2. The quantitative estimate of drug-likeness (QED) is 0.562. The van der Waals surface area contributed by atoms with Crippen molar-refractivity contribution in [2.45, 2.75) is 26.9 Å². The number of hydrogen-bond acceptors (Lipinski definition) is 3. The number of benzene rings is 2. The van der Waals surface area contributed by atoms with E-state index in [-0.39, 0.29) is 0 Å². The van der Waals surface area contributed by atoms with Crippen LogP contribution in [0.15, 0.2) is 47.5 Å². The van der Waals surface area contributed by atoms with Gasteiger partial charge >= 0.3 is 0 Å². The Morgan fingerprint density at radius 2 is 1.79 bits per heavy atom. The van der Waals surface area contributed by atoms with E-state index in [0.717, 1.165) is 23.2 Å². The number of rotatable bonds is 4. The number of hydrogen-bond donors (Lipinski definition) is 2. The zero-order valence-electron chi connectivity index (χ0n) is 14.3. The van der Waals surface area contributed by atoms with Crippen molar-refractivity contribution in [3.63, 3.8) is 0 Å². The van der Waals surface area contributed by atoms with E-state index in [9.17, 15) is 0 Å². The molecule has 1 aromatic heterocycles. The van der Waals surface area contributed by atoms with Crippen LogP contribution in [-0.4, -0.2) is 18.0 Å². The van der Waals surface area contributed by atoms with E-state index in [0.29, 0.717) is 6.54 Å². The van der Waals surface area contributed by atoms with Gasteiger partial charge in [-0.05, 0) is 36.2 Å². The predicted octanol–water partition coefficient (Wildman–Crippen LogP) is 3.78. The van der Waals surface area contributed by atoms with Crippen LogP contribution in [0.1, 0.15) is 21.1 Å². The van der Waals surface area contributed by atoms with Crippen molar-refractivity contribution in [1.29, 1.82) is 0 Å². The molecule has 0 aliphatic heterocycles. The number of thiazole rings is 1. The smallest absolute Gasteiger partial charge is 0.191 e. The lowest BCUT2D eigenvalue weighted by Crippen LogP contribution is -2.36. The predicted molar refractivity (Wildman–Crippen MR) is 103 cm³/mol. The Hall–Kier alpha value is -2.40. The molecule has 0 amide bonds. The maximum atomic E-state index is 4.54. The van der Waals surface area contributed by atoms with Crippen LogP contribution in [-0.2, 0) is 13.1 Å². The zero-order chi connectivity index (χ0) is 16.9. The molecule has 24 heavy (non-hydrogen) atoms. The minimum Gasteiger partial charge on any atom is -0.352 e. The second-order valence-electron chi connectivity index (χ2n) is 5.71. The second kappa shape index (κ2) is 7.45. The van der Waals surface area contributed by atoms with Crippen molar-refractivity contribution in [3.05, 3.63) is 63.6 Å². The molecule has 0 atom stereocenters. The number of nitrogens with one attached hydrogen (secondary N) is 2. The molecule has 0 fully saturated rings. The first-order chi connectivity index (χ1) is 11.7. The molecule has 2 aromatic carbocycles. The maximum absolute atomic E-state index is 4.54. The third-order valence-electron chi connectivity index (χ3n) is 3.98. The highest BCUT2D eigenvalue weighted by Crippen LogP contribution is 2.16. The molecule has 0 bridgehead atoms. The summed E-state index contributed by atoms with van der Waals surface area (Å²) in [5.41, 5.74) is 2.34. The van der Waals surface area contributed by atoms with Gasteiger partial charge in [-0.15, -0.1) is 11.3 Å². The first kappa shape index (κ1) is 16.5. The minimum atomic E-state index is 0.691. The van der Waals surface area contributed by atoms with Crippen LogP contribution in [0.4, 0.5) is 0 Å². The highest BCUT2D eigenvalue weighted by Gasteiger charge is 2.05. The van der Waals surface area contributed by atoms with Crippen LogP contribution in [0.3, 0.4) is 0 Å². The van der Waals surface area contributed by atoms with Gasteiger partial charge < -0.3 is 10.6 Å². The molecule has 0 radical (unpaired) electrons. The number of aliphatic imine (C=N–C) groups is 1. The highest BCUT2D eigenvalue weighted by atomic mass is 32.1. The van der Waals surface area contributed by atoms with E-state index in [1.165, 1.54) is 21.2 Å². The molecular formula is C19H22N4S. The van der Waals surface area contributed by atoms with E-state index in [2.05, 4.69) is 70.0 Å². The van der Waals surface area contributed by atoms with Gasteiger partial charge in [-0.1, -0.05) is 36.4 Å². The zero-order valence-corrected chi connectivity index (χ0v) is 15.1. The molecule has 0 unspecified atom stereocenters. The molecule has 4 nitrogen and oxygen atoms in total. The first-order valence-electron chi connectivity index (χ1n) is 8.01. The summed E-state index contributed by atoms with van der Waals surface area (Å²) in [6.45, 7) is 5.57. The van der Waals surface area contributed by atoms with Crippen molar-refractivity contribution in [3.8, 4) is 0 Å². The van der Waals surface area contributed by atoms with Gasteiger partial charge in [0.1, 0.15) is 5.01 Å². The van der Waals surface area contributed by atoms with Gasteiger partial charge in [0.25, 0.3) is 0 Å².